The molecule has 0 saturated carbocycles. The first-order valence-electron chi connectivity index (χ1n) is 7.11. The molecular formula is C14H18N4O3S. The van der Waals surface area contributed by atoms with Crippen LogP contribution in [0, 0.1) is 0 Å². The van der Waals surface area contributed by atoms with Crippen LogP contribution in [0.1, 0.15) is 18.9 Å². The minimum atomic E-state index is -3.48. The van der Waals surface area contributed by atoms with Gasteiger partial charge in [0.15, 0.2) is 0 Å². The Morgan fingerprint density at radius 1 is 1.18 bits per heavy atom. The molecule has 8 heteroatoms. The highest BCUT2D eigenvalue weighted by Gasteiger charge is 2.30. The molecule has 3 rings (SSSR count). The summed E-state index contributed by atoms with van der Waals surface area (Å²) in [5.74, 6) is 0.539. The molecule has 1 aliphatic heterocycles. The van der Waals surface area contributed by atoms with E-state index in [-0.39, 0.29) is 10.9 Å². The van der Waals surface area contributed by atoms with Gasteiger partial charge in [-0.3, -0.25) is 0 Å². The Kier molecular flexibility index (Phi) is 4.12. The van der Waals surface area contributed by atoms with Crippen molar-refractivity contribution in [1.82, 2.24) is 19.3 Å². The number of ether oxygens (including phenoxy) is 1. The SMILES string of the molecule is COc1cccc(S(=O)(=O)N2CCC(n3nccn3)CC2)c1. The molecule has 0 spiro atoms. The van der Waals surface area contributed by atoms with Gasteiger partial charge in [-0.05, 0) is 25.0 Å². The zero-order valence-electron chi connectivity index (χ0n) is 12.3. The summed E-state index contributed by atoms with van der Waals surface area (Å²) in [5.41, 5.74) is 0. The number of sulfonamides is 1. The number of benzene rings is 1. The molecule has 2 heterocycles. The van der Waals surface area contributed by atoms with Gasteiger partial charge >= 0.3 is 0 Å². The first-order chi connectivity index (χ1) is 10.6. The van der Waals surface area contributed by atoms with Gasteiger partial charge in [-0.25, -0.2) is 8.42 Å². The Balaban J connectivity index is 1.74. The average Bonchev–Trinajstić information content (AvgIpc) is 3.09. The van der Waals surface area contributed by atoms with Crippen molar-refractivity contribution < 1.29 is 13.2 Å². The van der Waals surface area contributed by atoms with Gasteiger partial charge in [0.1, 0.15) is 5.75 Å². The molecule has 2 aromatic rings. The van der Waals surface area contributed by atoms with Crippen molar-refractivity contribution in [2.75, 3.05) is 20.2 Å². The minimum Gasteiger partial charge on any atom is -0.497 e. The molecule has 1 saturated heterocycles. The lowest BCUT2D eigenvalue weighted by atomic mass is 10.1. The molecule has 1 aliphatic rings. The fourth-order valence-corrected chi connectivity index (χ4v) is 4.14. The Labute approximate surface area is 129 Å². The fourth-order valence-electron chi connectivity index (χ4n) is 2.64. The minimum absolute atomic E-state index is 0.159. The van der Waals surface area contributed by atoms with Crippen molar-refractivity contribution in [2.24, 2.45) is 0 Å². The largest absolute Gasteiger partial charge is 0.497 e. The molecule has 0 unspecified atom stereocenters. The monoisotopic (exact) mass is 322 g/mol. The van der Waals surface area contributed by atoms with Crippen LogP contribution >= 0.6 is 0 Å². The van der Waals surface area contributed by atoms with Crippen LogP contribution in [0.2, 0.25) is 0 Å². The van der Waals surface area contributed by atoms with Crippen molar-refractivity contribution in [2.45, 2.75) is 23.8 Å². The molecule has 1 aromatic heterocycles. The van der Waals surface area contributed by atoms with Crippen LogP contribution in [0.5, 0.6) is 5.75 Å². The maximum Gasteiger partial charge on any atom is 0.243 e. The zero-order valence-corrected chi connectivity index (χ0v) is 13.1. The van der Waals surface area contributed by atoms with Gasteiger partial charge in [-0.1, -0.05) is 6.07 Å². The number of methoxy groups -OCH3 is 1. The topological polar surface area (TPSA) is 77.3 Å². The van der Waals surface area contributed by atoms with E-state index >= 15 is 0 Å². The standard InChI is InChI=1S/C14H18N4O3S/c1-21-13-3-2-4-14(11-13)22(19,20)17-9-5-12(6-10-17)18-15-7-8-16-18/h2-4,7-8,11-12H,5-6,9-10H2,1H3. The molecule has 22 heavy (non-hydrogen) atoms. The number of hydrogen-bond acceptors (Lipinski definition) is 5. The summed E-state index contributed by atoms with van der Waals surface area (Å²) < 4.78 is 32.0. The Bertz CT molecular complexity index is 722. The second kappa shape index (κ2) is 6.05. The van der Waals surface area contributed by atoms with Crippen molar-refractivity contribution in [3.05, 3.63) is 36.7 Å². The molecule has 0 bridgehead atoms. The quantitative estimate of drug-likeness (QED) is 0.848. The van der Waals surface area contributed by atoms with Gasteiger partial charge in [0, 0.05) is 19.2 Å². The molecule has 1 aromatic carbocycles. The predicted molar refractivity (Wildman–Crippen MR) is 80.0 cm³/mol. The zero-order chi connectivity index (χ0) is 15.6. The van der Waals surface area contributed by atoms with Crippen LogP contribution in [0.4, 0.5) is 0 Å². The second-order valence-corrected chi connectivity index (χ2v) is 7.10. The third-order valence-corrected chi connectivity index (χ3v) is 5.76. The Morgan fingerprint density at radius 2 is 1.86 bits per heavy atom. The van der Waals surface area contributed by atoms with Crippen molar-refractivity contribution >= 4 is 10.0 Å². The van der Waals surface area contributed by atoms with E-state index in [1.807, 2.05) is 0 Å². The molecule has 0 radical (unpaired) electrons. The molecule has 1 fully saturated rings. The highest BCUT2D eigenvalue weighted by atomic mass is 32.2. The van der Waals surface area contributed by atoms with Crippen molar-refractivity contribution in [3.63, 3.8) is 0 Å². The van der Waals surface area contributed by atoms with E-state index in [0.717, 1.165) is 0 Å². The first kappa shape index (κ1) is 15.0. The van der Waals surface area contributed by atoms with E-state index in [1.54, 1.807) is 41.5 Å². The number of hydrogen-bond donors (Lipinski definition) is 0. The lowest BCUT2D eigenvalue weighted by Crippen LogP contribution is -2.39. The van der Waals surface area contributed by atoms with E-state index in [1.165, 1.54) is 11.4 Å². The summed E-state index contributed by atoms with van der Waals surface area (Å²) in [6.45, 7) is 0.928. The molecular weight excluding hydrogens is 304 g/mol. The summed E-state index contributed by atoms with van der Waals surface area (Å²) >= 11 is 0. The van der Waals surface area contributed by atoms with Crippen molar-refractivity contribution in [1.29, 1.82) is 0 Å². The third-order valence-electron chi connectivity index (χ3n) is 3.87. The van der Waals surface area contributed by atoms with E-state index in [2.05, 4.69) is 10.2 Å². The first-order valence-corrected chi connectivity index (χ1v) is 8.55. The summed E-state index contributed by atoms with van der Waals surface area (Å²) in [4.78, 5) is 1.93. The second-order valence-electron chi connectivity index (χ2n) is 5.16. The molecule has 0 N–H and O–H groups in total. The summed E-state index contributed by atoms with van der Waals surface area (Å²) in [6, 6.07) is 6.72. The van der Waals surface area contributed by atoms with Gasteiger partial charge in [-0.15, -0.1) is 0 Å². The highest BCUT2D eigenvalue weighted by Crippen LogP contribution is 2.27. The van der Waals surface area contributed by atoms with Crippen LogP contribution in [-0.4, -0.2) is 47.9 Å². The summed E-state index contributed by atoms with van der Waals surface area (Å²) in [7, 11) is -1.96. The van der Waals surface area contributed by atoms with Gasteiger partial charge in [-0.2, -0.15) is 19.3 Å². The fraction of sp³-hybridized carbons (Fsp3) is 0.429. The van der Waals surface area contributed by atoms with E-state index in [9.17, 15) is 8.42 Å². The molecule has 118 valence electrons. The summed E-state index contributed by atoms with van der Waals surface area (Å²) in [5, 5.41) is 8.26. The van der Waals surface area contributed by atoms with Crippen LogP contribution in [-0.2, 0) is 10.0 Å². The Hall–Kier alpha value is -1.93. The molecule has 0 amide bonds. The van der Waals surface area contributed by atoms with Crippen LogP contribution < -0.4 is 4.74 Å². The predicted octanol–water partition coefficient (Wildman–Crippen LogP) is 1.31. The average molecular weight is 322 g/mol. The summed E-state index contributed by atoms with van der Waals surface area (Å²) in [6.07, 6.45) is 4.69. The van der Waals surface area contributed by atoms with E-state index < -0.39 is 10.0 Å². The van der Waals surface area contributed by atoms with Crippen LogP contribution in [0.15, 0.2) is 41.6 Å². The lowest BCUT2D eigenvalue weighted by Gasteiger charge is -2.30. The third kappa shape index (κ3) is 2.84. The molecule has 0 aliphatic carbocycles. The van der Waals surface area contributed by atoms with Crippen LogP contribution in [0.3, 0.4) is 0 Å². The highest BCUT2D eigenvalue weighted by molar-refractivity contribution is 7.89. The van der Waals surface area contributed by atoms with Gasteiger partial charge in [0.2, 0.25) is 10.0 Å². The van der Waals surface area contributed by atoms with E-state index in [0.29, 0.717) is 31.7 Å². The van der Waals surface area contributed by atoms with Gasteiger partial charge < -0.3 is 4.74 Å². The van der Waals surface area contributed by atoms with Gasteiger partial charge in [0.25, 0.3) is 0 Å². The number of aromatic nitrogens is 3. The molecule has 0 atom stereocenters. The molecule has 7 nitrogen and oxygen atoms in total. The van der Waals surface area contributed by atoms with Crippen molar-refractivity contribution in [3.8, 4) is 5.75 Å². The van der Waals surface area contributed by atoms with Gasteiger partial charge in [0.05, 0.1) is 30.4 Å². The normalized spacial score (nSPS) is 17.5. The van der Waals surface area contributed by atoms with E-state index in [4.69, 9.17) is 4.74 Å². The lowest BCUT2D eigenvalue weighted by molar-refractivity contribution is 0.245. The number of nitrogens with zero attached hydrogens (tertiary/aromatic N) is 4. The number of piperidine rings is 1. The Morgan fingerprint density at radius 3 is 2.50 bits per heavy atom. The smallest absolute Gasteiger partial charge is 0.243 e. The maximum atomic E-state index is 12.7. The van der Waals surface area contributed by atoms with Crippen LogP contribution in [0.25, 0.3) is 0 Å². The number of rotatable bonds is 4. The maximum absolute atomic E-state index is 12.7.